The van der Waals surface area contributed by atoms with E-state index in [1.54, 1.807) is 36.7 Å². The summed E-state index contributed by atoms with van der Waals surface area (Å²) in [6.45, 7) is 3.72. The topological polar surface area (TPSA) is 46.9 Å². The van der Waals surface area contributed by atoms with Crippen LogP contribution in [0, 0.1) is 13.8 Å². The van der Waals surface area contributed by atoms with Gasteiger partial charge in [0.15, 0.2) is 0 Å². The van der Waals surface area contributed by atoms with Gasteiger partial charge in [-0.2, -0.15) is 18.3 Å². The Labute approximate surface area is 175 Å². The minimum absolute atomic E-state index is 0.0967. The molecule has 0 spiro atoms. The van der Waals surface area contributed by atoms with Gasteiger partial charge in [0.2, 0.25) is 0 Å². The van der Waals surface area contributed by atoms with Crippen molar-refractivity contribution < 1.29 is 18.0 Å². The number of aromatic nitrogens is 2. The van der Waals surface area contributed by atoms with Gasteiger partial charge in [-0.15, -0.1) is 0 Å². The third-order valence-electron chi connectivity index (χ3n) is 4.44. The normalized spacial score (nSPS) is 11.6. The Balaban J connectivity index is 1.87. The van der Waals surface area contributed by atoms with Gasteiger partial charge in [-0.05, 0) is 44.2 Å². The summed E-state index contributed by atoms with van der Waals surface area (Å²) in [4.78, 5) is 12.5. The maximum Gasteiger partial charge on any atom is 0.416 e. The zero-order valence-electron chi connectivity index (χ0n) is 15.4. The van der Waals surface area contributed by atoms with Crippen molar-refractivity contribution in [1.82, 2.24) is 9.78 Å². The van der Waals surface area contributed by atoms with E-state index in [-0.39, 0.29) is 12.1 Å². The summed E-state index contributed by atoms with van der Waals surface area (Å²) in [7, 11) is 0. The Kier molecular flexibility index (Phi) is 5.91. The fourth-order valence-corrected chi connectivity index (χ4v) is 3.40. The van der Waals surface area contributed by atoms with Crippen molar-refractivity contribution in [3.8, 4) is 0 Å². The molecular formula is C20H16Cl2F3N3O. The summed E-state index contributed by atoms with van der Waals surface area (Å²) in [6.07, 6.45) is -4.53. The Morgan fingerprint density at radius 1 is 1.10 bits per heavy atom. The highest BCUT2D eigenvalue weighted by Gasteiger charge is 2.31. The number of amides is 1. The van der Waals surface area contributed by atoms with Crippen molar-refractivity contribution in [2.75, 3.05) is 5.32 Å². The highest BCUT2D eigenvalue weighted by atomic mass is 35.5. The molecule has 3 rings (SSSR count). The second kappa shape index (κ2) is 8.08. The first kappa shape index (κ1) is 21.2. The average molecular weight is 442 g/mol. The highest BCUT2D eigenvalue weighted by Crippen LogP contribution is 2.30. The van der Waals surface area contributed by atoms with Crippen LogP contribution in [0.15, 0.2) is 42.5 Å². The fraction of sp³-hybridized carbons (Fsp3) is 0.200. The quantitative estimate of drug-likeness (QED) is 0.529. The lowest BCUT2D eigenvalue weighted by Gasteiger charge is -2.11. The molecule has 29 heavy (non-hydrogen) atoms. The molecule has 0 radical (unpaired) electrons. The number of aryl methyl sites for hydroxylation is 1. The SMILES string of the molecule is Cc1nn(Cc2c(Cl)cccc2Cl)c(C)c1NC(=O)c1cccc(C(F)(F)F)c1. The molecule has 1 amide bonds. The fourth-order valence-electron chi connectivity index (χ4n) is 2.89. The highest BCUT2D eigenvalue weighted by molar-refractivity contribution is 6.36. The third-order valence-corrected chi connectivity index (χ3v) is 5.15. The van der Waals surface area contributed by atoms with Crippen LogP contribution >= 0.6 is 23.2 Å². The van der Waals surface area contributed by atoms with Crippen LogP contribution < -0.4 is 5.32 Å². The molecule has 0 fully saturated rings. The van der Waals surface area contributed by atoms with Crippen LogP contribution in [0.3, 0.4) is 0 Å². The van der Waals surface area contributed by atoms with Gasteiger partial charge in [0.25, 0.3) is 5.91 Å². The minimum atomic E-state index is -4.53. The van der Waals surface area contributed by atoms with E-state index in [0.29, 0.717) is 32.7 Å². The molecule has 3 aromatic rings. The molecule has 2 aromatic carbocycles. The van der Waals surface area contributed by atoms with E-state index < -0.39 is 17.6 Å². The van der Waals surface area contributed by atoms with Gasteiger partial charge in [-0.3, -0.25) is 9.48 Å². The largest absolute Gasteiger partial charge is 0.416 e. The molecule has 0 aliphatic carbocycles. The van der Waals surface area contributed by atoms with Gasteiger partial charge in [0, 0.05) is 21.2 Å². The van der Waals surface area contributed by atoms with E-state index in [1.165, 1.54) is 12.1 Å². The van der Waals surface area contributed by atoms with Crippen molar-refractivity contribution in [3.05, 3.63) is 80.6 Å². The van der Waals surface area contributed by atoms with Crippen LogP contribution in [0.5, 0.6) is 0 Å². The van der Waals surface area contributed by atoms with Gasteiger partial charge in [0.05, 0.1) is 29.2 Å². The Hall–Kier alpha value is -2.51. The number of carbonyl (C=O) groups excluding carboxylic acids is 1. The summed E-state index contributed by atoms with van der Waals surface area (Å²) in [6, 6.07) is 9.40. The number of rotatable bonds is 4. The lowest BCUT2D eigenvalue weighted by molar-refractivity contribution is -0.137. The first-order valence-corrected chi connectivity index (χ1v) is 9.29. The Morgan fingerprint density at radius 2 is 1.72 bits per heavy atom. The van der Waals surface area contributed by atoms with Crippen LogP contribution in [0.25, 0.3) is 0 Å². The molecule has 0 atom stereocenters. The number of carbonyl (C=O) groups is 1. The summed E-state index contributed by atoms with van der Waals surface area (Å²) in [5, 5.41) is 8.02. The van der Waals surface area contributed by atoms with Crippen LogP contribution in [-0.4, -0.2) is 15.7 Å². The van der Waals surface area contributed by atoms with Crippen molar-refractivity contribution in [1.29, 1.82) is 0 Å². The molecule has 0 saturated carbocycles. The van der Waals surface area contributed by atoms with E-state index in [9.17, 15) is 18.0 Å². The molecule has 0 unspecified atom stereocenters. The first-order chi connectivity index (χ1) is 13.6. The zero-order valence-corrected chi connectivity index (χ0v) is 17.0. The number of benzene rings is 2. The number of nitrogens with zero attached hydrogens (tertiary/aromatic N) is 2. The Bertz CT molecular complexity index is 1060. The molecule has 0 saturated heterocycles. The van der Waals surface area contributed by atoms with E-state index in [2.05, 4.69) is 10.4 Å². The van der Waals surface area contributed by atoms with Gasteiger partial charge < -0.3 is 5.32 Å². The summed E-state index contributed by atoms with van der Waals surface area (Å²) >= 11 is 12.4. The van der Waals surface area contributed by atoms with Crippen molar-refractivity contribution in [2.45, 2.75) is 26.6 Å². The molecule has 4 nitrogen and oxygen atoms in total. The number of nitrogens with one attached hydrogen (secondary N) is 1. The van der Waals surface area contributed by atoms with E-state index in [1.807, 2.05) is 0 Å². The number of hydrogen-bond donors (Lipinski definition) is 1. The van der Waals surface area contributed by atoms with Gasteiger partial charge in [-0.1, -0.05) is 35.3 Å². The molecule has 0 aliphatic heterocycles. The van der Waals surface area contributed by atoms with Crippen LogP contribution in [0.2, 0.25) is 10.0 Å². The summed E-state index contributed by atoms with van der Waals surface area (Å²) in [5.74, 6) is -0.655. The summed E-state index contributed by atoms with van der Waals surface area (Å²) in [5.41, 5.74) is 1.26. The zero-order chi connectivity index (χ0) is 21.3. The lowest BCUT2D eigenvalue weighted by atomic mass is 10.1. The molecule has 1 aromatic heterocycles. The number of alkyl halides is 3. The lowest BCUT2D eigenvalue weighted by Crippen LogP contribution is -2.15. The standard InChI is InChI=1S/C20H16Cl2F3N3O/c1-11-18(26-19(29)13-5-3-6-14(9-13)20(23,24)25)12(2)28(27-11)10-15-16(21)7-4-8-17(15)22/h3-9H,10H2,1-2H3,(H,26,29). The van der Waals surface area contributed by atoms with E-state index in [0.717, 1.165) is 12.1 Å². The molecule has 1 heterocycles. The molecule has 0 aliphatic rings. The molecule has 0 bridgehead atoms. The van der Waals surface area contributed by atoms with Crippen molar-refractivity contribution in [3.63, 3.8) is 0 Å². The summed E-state index contributed by atoms with van der Waals surface area (Å²) < 4.78 is 40.3. The minimum Gasteiger partial charge on any atom is -0.319 e. The van der Waals surface area contributed by atoms with Crippen LogP contribution in [-0.2, 0) is 12.7 Å². The molecular weight excluding hydrogens is 426 g/mol. The van der Waals surface area contributed by atoms with Crippen LogP contribution in [0.1, 0.15) is 32.9 Å². The van der Waals surface area contributed by atoms with Gasteiger partial charge >= 0.3 is 6.18 Å². The first-order valence-electron chi connectivity index (χ1n) is 8.53. The predicted octanol–water partition coefficient (Wildman–Crippen LogP) is 6.13. The van der Waals surface area contributed by atoms with Crippen LogP contribution in [0.4, 0.5) is 18.9 Å². The second-order valence-electron chi connectivity index (χ2n) is 6.44. The third kappa shape index (κ3) is 4.57. The van der Waals surface area contributed by atoms with Gasteiger partial charge in [0.1, 0.15) is 0 Å². The maximum atomic E-state index is 12.9. The van der Waals surface area contributed by atoms with E-state index in [4.69, 9.17) is 23.2 Å². The van der Waals surface area contributed by atoms with Crippen molar-refractivity contribution in [2.24, 2.45) is 0 Å². The average Bonchev–Trinajstić information content (AvgIpc) is 2.91. The smallest absolute Gasteiger partial charge is 0.319 e. The maximum absolute atomic E-state index is 12.9. The van der Waals surface area contributed by atoms with Crippen molar-refractivity contribution >= 4 is 34.8 Å². The second-order valence-corrected chi connectivity index (χ2v) is 7.25. The monoisotopic (exact) mass is 441 g/mol. The predicted molar refractivity (Wildman–Crippen MR) is 107 cm³/mol. The number of anilines is 1. The molecule has 9 heteroatoms. The number of halogens is 5. The van der Waals surface area contributed by atoms with Gasteiger partial charge in [-0.25, -0.2) is 0 Å². The molecule has 1 N–H and O–H groups in total. The van der Waals surface area contributed by atoms with E-state index >= 15 is 0 Å². The number of hydrogen-bond acceptors (Lipinski definition) is 2. The Morgan fingerprint density at radius 3 is 2.34 bits per heavy atom. The molecule has 152 valence electrons.